The largest absolute Gasteiger partial charge is 0.472 e. The highest BCUT2D eigenvalue weighted by Gasteiger charge is 2.36. The second kappa shape index (κ2) is 32.4. The Kier molecular flexibility index (Phi) is 30.3. The molecule has 4 atom stereocenters. The van der Waals surface area contributed by atoms with Crippen molar-refractivity contribution in [3.05, 3.63) is 12.2 Å². The highest BCUT2D eigenvalue weighted by Crippen LogP contribution is 2.43. The summed E-state index contributed by atoms with van der Waals surface area (Å²) in [5.41, 5.74) is 5.34. The molecule has 0 saturated carbocycles. The second-order valence-corrected chi connectivity index (χ2v) is 15.3. The van der Waals surface area contributed by atoms with Crippen LogP contribution >= 0.6 is 7.82 Å². The first-order valence-electron chi connectivity index (χ1n) is 20.3. The van der Waals surface area contributed by atoms with Crippen LogP contribution in [0.1, 0.15) is 181 Å². The number of unbranched alkanes of at least 4 members (excludes halogenated alkanes) is 19. The van der Waals surface area contributed by atoms with Crippen LogP contribution in [0.2, 0.25) is 0 Å². The van der Waals surface area contributed by atoms with Crippen molar-refractivity contribution in [2.45, 2.75) is 199 Å². The minimum atomic E-state index is -4.37. The van der Waals surface area contributed by atoms with Crippen LogP contribution in [0.25, 0.3) is 0 Å². The number of hydrogen-bond acceptors (Lipinski definition) is 9. The molecular weight excluding hydrogens is 657 g/mol. The fraction of sp³-hybridized carbons (Fsp3) is 0.897. The van der Waals surface area contributed by atoms with Crippen molar-refractivity contribution in [1.82, 2.24) is 0 Å². The molecule has 3 unspecified atom stereocenters. The molecule has 1 fully saturated rings. The number of carbonyl (C=O) groups excluding carboxylic acids is 2. The molecule has 1 rings (SSSR count). The van der Waals surface area contributed by atoms with Crippen LogP contribution in [0.15, 0.2) is 12.2 Å². The maximum absolute atomic E-state index is 12.5. The molecule has 1 heterocycles. The van der Waals surface area contributed by atoms with Crippen LogP contribution in [-0.4, -0.2) is 61.5 Å². The van der Waals surface area contributed by atoms with Crippen molar-refractivity contribution in [3.63, 3.8) is 0 Å². The number of allylic oxidation sites excluding steroid dienone is 1. The number of nitrogens with two attached hydrogens (primary N) is 1. The van der Waals surface area contributed by atoms with E-state index in [1.54, 1.807) is 0 Å². The zero-order chi connectivity index (χ0) is 36.5. The Morgan fingerprint density at radius 2 is 1.24 bits per heavy atom. The quantitative estimate of drug-likeness (QED) is 0.0208. The maximum Gasteiger partial charge on any atom is 0.472 e. The van der Waals surface area contributed by atoms with E-state index in [9.17, 15) is 19.0 Å². The molecule has 0 aromatic rings. The fourth-order valence-corrected chi connectivity index (χ4v) is 6.70. The van der Waals surface area contributed by atoms with Crippen molar-refractivity contribution in [2.75, 3.05) is 26.4 Å². The molecule has 1 aliphatic heterocycles. The van der Waals surface area contributed by atoms with Gasteiger partial charge < -0.3 is 24.8 Å². The highest BCUT2D eigenvalue weighted by atomic mass is 31.2. The average molecular weight is 732 g/mol. The molecule has 1 saturated heterocycles. The Morgan fingerprint density at radius 1 is 0.700 bits per heavy atom. The molecule has 3 N–H and O–H groups in total. The first kappa shape index (κ1) is 46.7. The third kappa shape index (κ3) is 29.3. The number of epoxide rings is 1. The smallest absolute Gasteiger partial charge is 0.462 e. The summed E-state index contributed by atoms with van der Waals surface area (Å²) < 4.78 is 38.4. The standard InChI is InChI=1S/C39H74NO9P/c1-3-5-7-8-9-10-11-12-13-14-19-22-26-30-39(42)48-35(34-47-50(43,44)46-32-31-40)33-45-38(41)29-25-21-18-16-15-17-20-24-28-37-36(49-37)27-23-6-4-2/h20,24,35-37H,3-19,21-23,25-34,40H2,1-2H3,(H,43,44)/b24-20-/t35-,36?,37?/m1/s1. The second-order valence-electron chi connectivity index (χ2n) is 13.9. The molecule has 0 aromatic carbocycles. The molecule has 0 amide bonds. The van der Waals surface area contributed by atoms with Crippen LogP contribution in [0.5, 0.6) is 0 Å². The van der Waals surface area contributed by atoms with Gasteiger partial charge in [0.25, 0.3) is 0 Å². The lowest BCUT2D eigenvalue weighted by molar-refractivity contribution is -0.161. The van der Waals surface area contributed by atoms with Gasteiger partial charge in [0.15, 0.2) is 6.10 Å². The van der Waals surface area contributed by atoms with Crippen LogP contribution in [0.3, 0.4) is 0 Å². The van der Waals surface area contributed by atoms with Gasteiger partial charge in [0.05, 0.1) is 25.4 Å². The van der Waals surface area contributed by atoms with E-state index in [1.165, 1.54) is 89.9 Å². The van der Waals surface area contributed by atoms with E-state index in [0.717, 1.165) is 51.4 Å². The van der Waals surface area contributed by atoms with Gasteiger partial charge in [0.1, 0.15) is 6.61 Å². The molecule has 1 aliphatic rings. The number of rotatable bonds is 37. The molecule has 0 radical (unpaired) electrons. The fourth-order valence-electron chi connectivity index (χ4n) is 5.93. The lowest BCUT2D eigenvalue weighted by Gasteiger charge is -2.19. The van der Waals surface area contributed by atoms with Gasteiger partial charge in [-0.05, 0) is 38.5 Å². The summed E-state index contributed by atoms with van der Waals surface area (Å²) >= 11 is 0. The predicted octanol–water partition coefficient (Wildman–Crippen LogP) is 10.0. The Balaban J connectivity index is 2.19. The number of phosphoric acid groups is 1. The van der Waals surface area contributed by atoms with Crippen molar-refractivity contribution in [2.24, 2.45) is 5.73 Å². The van der Waals surface area contributed by atoms with Gasteiger partial charge in [-0.25, -0.2) is 4.57 Å². The normalized spacial score (nSPS) is 17.5. The summed E-state index contributed by atoms with van der Waals surface area (Å²) in [7, 11) is -4.37. The highest BCUT2D eigenvalue weighted by molar-refractivity contribution is 7.47. The molecule has 10 nitrogen and oxygen atoms in total. The molecule has 50 heavy (non-hydrogen) atoms. The Bertz CT molecular complexity index is 903. The first-order chi connectivity index (χ1) is 24.3. The number of carbonyl (C=O) groups is 2. The number of hydrogen-bond donors (Lipinski definition) is 2. The van der Waals surface area contributed by atoms with Crippen molar-refractivity contribution >= 4 is 19.8 Å². The van der Waals surface area contributed by atoms with Crippen molar-refractivity contribution < 1.29 is 42.3 Å². The third-order valence-corrected chi connectivity index (χ3v) is 10.1. The van der Waals surface area contributed by atoms with E-state index < -0.39 is 32.5 Å². The Hall–Kier alpha value is -1.29. The lowest BCUT2D eigenvalue weighted by atomic mass is 10.0. The maximum atomic E-state index is 12.5. The summed E-state index contributed by atoms with van der Waals surface area (Å²) in [5.74, 6) is -0.844. The monoisotopic (exact) mass is 732 g/mol. The van der Waals surface area contributed by atoms with Crippen molar-refractivity contribution in [1.29, 1.82) is 0 Å². The zero-order valence-electron chi connectivity index (χ0n) is 31.8. The zero-order valence-corrected chi connectivity index (χ0v) is 32.7. The average Bonchev–Trinajstić information content (AvgIpc) is 3.85. The van der Waals surface area contributed by atoms with Gasteiger partial charge in [-0.1, -0.05) is 142 Å². The number of phosphoric ester groups is 1. The molecule has 0 aromatic heterocycles. The van der Waals surface area contributed by atoms with Gasteiger partial charge in [0.2, 0.25) is 0 Å². The van der Waals surface area contributed by atoms with E-state index in [0.29, 0.717) is 25.0 Å². The van der Waals surface area contributed by atoms with E-state index in [1.807, 2.05) is 0 Å². The molecule has 0 spiro atoms. The minimum absolute atomic E-state index is 0.0516. The number of esters is 2. The van der Waals surface area contributed by atoms with E-state index >= 15 is 0 Å². The van der Waals surface area contributed by atoms with E-state index in [-0.39, 0.29) is 32.6 Å². The molecular formula is C39H74NO9P. The summed E-state index contributed by atoms with van der Waals surface area (Å²) in [6.07, 6.45) is 32.6. The topological polar surface area (TPSA) is 147 Å². The van der Waals surface area contributed by atoms with Crippen LogP contribution in [0.4, 0.5) is 0 Å². The summed E-state index contributed by atoms with van der Waals surface area (Å²) in [4.78, 5) is 34.8. The molecule has 0 bridgehead atoms. The van der Waals surface area contributed by atoms with E-state index in [2.05, 4.69) is 26.0 Å². The third-order valence-electron chi connectivity index (χ3n) is 9.08. The van der Waals surface area contributed by atoms with Crippen LogP contribution in [0, 0.1) is 0 Å². The molecule has 294 valence electrons. The van der Waals surface area contributed by atoms with Gasteiger partial charge in [0, 0.05) is 19.4 Å². The van der Waals surface area contributed by atoms with Gasteiger partial charge in [-0.3, -0.25) is 18.6 Å². The van der Waals surface area contributed by atoms with Crippen molar-refractivity contribution in [3.8, 4) is 0 Å². The first-order valence-corrected chi connectivity index (χ1v) is 21.8. The van der Waals surface area contributed by atoms with Crippen LogP contribution in [-0.2, 0) is 37.4 Å². The Labute approximate surface area is 304 Å². The SMILES string of the molecule is CCCCCCCCCCCCCCCC(=O)O[C@H](COC(=O)CCCCCCC/C=C\CC1OC1CCCCC)COP(=O)(O)OCCN. The van der Waals surface area contributed by atoms with Gasteiger partial charge in [-0.2, -0.15) is 0 Å². The summed E-state index contributed by atoms with van der Waals surface area (Å²) in [6, 6.07) is 0. The van der Waals surface area contributed by atoms with E-state index in [4.69, 9.17) is 29.0 Å². The lowest BCUT2D eigenvalue weighted by Crippen LogP contribution is -2.29. The molecule has 0 aliphatic carbocycles. The Morgan fingerprint density at radius 3 is 1.84 bits per heavy atom. The van der Waals surface area contributed by atoms with Gasteiger partial charge in [-0.15, -0.1) is 0 Å². The summed E-state index contributed by atoms with van der Waals surface area (Å²) in [5, 5.41) is 0. The van der Waals surface area contributed by atoms with Gasteiger partial charge >= 0.3 is 19.8 Å². The van der Waals surface area contributed by atoms with Crippen LogP contribution < -0.4 is 5.73 Å². The molecule has 11 heteroatoms. The summed E-state index contributed by atoms with van der Waals surface area (Å²) in [6.45, 7) is 3.68. The predicted molar refractivity (Wildman–Crippen MR) is 201 cm³/mol. The number of ether oxygens (including phenoxy) is 3. The minimum Gasteiger partial charge on any atom is -0.462 e.